The minimum atomic E-state index is 0.350. The largest absolute Gasteiger partial charge is 0.373 e. The van der Waals surface area contributed by atoms with Gasteiger partial charge in [-0.2, -0.15) is 0 Å². The standard InChI is InChI=1S/C15H27N5/c1-5-6-19-7-9-20(10-8-19)14-11-13(16-4)17-15(18-14)12(2)3/h11-12H,5-10H2,1-4H3,(H,16,17,18). The van der Waals surface area contributed by atoms with Gasteiger partial charge in [0.25, 0.3) is 0 Å². The van der Waals surface area contributed by atoms with Crippen molar-refractivity contribution in [3.8, 4) is 0 Å². The second kappa shape index (κ2) is 6.88. The van der Waals surface area contributed by atoms with Crippen LogP contribution in [0.2, 0.25) is 0 Å². The molecule has 2 rings (SSSR count). The normalized spacial score (nSPS) is 16.8. The maximum absolute atomic E-state index is 4.73. The predicted octanol–water partition coefficient (Wildman–Crippen LogP) is 2.17. The molecule has 0 aliphatic carbocycles. The van der Waals surface area contributed by atoms with Gasteiger partial charge in [-0.05, 0) is 13.0 Å². The average Bonchev–Trinajstić information content (AvgIpc) is 2.47. The van der Waals surface area contributed by atoms with Crippen molar-refractivity contribution in [2.24, 2.45) is 0 Å². The molecule has 1 aliphatic heterocycles. The summed E-state index contributed by atoms with van der Waals surface area (Å²) in [5.41, 5.74) is 0. The van der Waals surface area contributed by atoms with Gasteiger partial charge in [0.1, 0.15) is 17.5 Å². The van der Waals surface area contributed by atoms with Crippen LogP contribution in [0.4, 0.5) is 11.6 Å². The summed E-state index contributed by atoms with van der Waals surface area (Å²) >= 11 is 0. The van der Waals surface area contributed by atoms with Crippen LogP contribution in [0.3, 0.4) is 0 Å². The van der Waals surface area contributed by atoms with Crippen molar-refractivity contribution >= 4 is 11.6 Å². The number of nitrogens with one attached hydrogen (secondary N) is 1. The van der Waals surface area contributed by atoms with Crippen molar-refractivity contribution in [1.29, 1.82) is 0 Å². The lowest BCUT2D eigenvalue weighted by atomic mass is 10.2. The van der Waals surface area contributed by atoms with E-state index in [9.17, 15) is 0 Å². The van der Waals surface area contributed by atoms with E-state index in [1.165, 1.54) is 13.0 Å². The van der Waals surface area contributed by atoms with Crippen molar-refractivity contribution in [2.45, 2.75) is 33.1 Å². The molecular formula is C15H27N5. The number of hydrogen-bond donors (Lipinski definition) is 1. The fourth-order valence-electron chi connectivity index (χ4n) is 2.52. The third kappa shape index (κ3) is 3.60. The molecule has 1 N–H and O–H groups in total. The van der Waals surface area contributed by atoms with E-state index in [2.05, 4.69) is 46.9 Å². The van der Waals surface area contributed by atoms with E-state index in [-0.39, 0.29) is 0 Å². The molecule has 0 unspecified atom stereocenters. The Hall–Kier alpha value is -1.36. The minimum Gasteiger partial charge on any atom is -0.373 e. The average molecular weight is 277 g/mol. The lowest BCUT2D eigenvalue weighted by Gasteiger charge is -2.35. The van der Waals surface area contributed by atoms with Gasteiger partial charge >= 0.3 is 0 Å². The molecule has 0 spiro atoms. The molecule has 1 aromatic heterocycles. The van der Waals surface area contributed by atoms with Gasteiger partial charge in [-0.1, -0.05) is 20.8 Å². The monoisotopic (exact) mass is 277 g/mol. The van der Waals surface area contributed by atoms with E-state index in [1.54, 1.807) is 0 Å². The Morgan fingerprint density at radius 2 is 1.90 bits per heavy atom. The molecule has 1 aromatic rings. The zero-order valence-electron chi connectivity index (χ0n) is 13.2. The Kier molecular flexibility index (Phi) is 5.17. The maximum atomic E-state index is 4.73. The molecule has 20 heavy (non-hydrogen) atoms. The van der Waals surface area contributed by atoms with Crippen LogP contribution in [0.25, 0.3) is 0 Å². The van der Waals surface area contributed by atoms with Gasteiger partial charge in [0.2, 0.25) is 0 Å². The van der Waals surface area contributed by atoms with Crippen LogP contribution in [0.1, 0.15) is 38.9 Å². The Bertz CT molecular complexity index is 424. The second-order valence-electron chi connectivity index (χ2n) is 5.70. The zero-order chi connectivity index (χ0) is 14.5. The van der Waals surface area contributed by atoms with E-state index >= 15 is 0 Å². The van der Waals surface area contributed by atoms with Crippen LogP contribution in [-0.2, 0) is 0 Å². The van der Waals surface area contributed by atoms with Crippen molar-refractivity contribution < 1.29 is 0 Å². The van der Waals surface area contributed by atoms with E-state index in [4.69, 9.17) is 4.98 Å². The first kappa shape index (κ1) is 15.0. The summed E-state index contributed by atoms with van der Waals surface area (Å²) < 4.78 is 0. The van der Waals surface area contributed by atoms with E-state index in [0.29, 0.717) is 5.92 Å². The first-order valence-corrected chi connectivity index (χ1v) is 7.68. The Labute approximate surface area is 122 Å². The summed E-state index contributed by atoms with van der Waals surface area (Å²) in [5.74, 6) is 3.24. The van der Waals surface area contributed by atoms with Crippen molar-refractivity contribution in [2.75, 3.05) is 50.0 Å². The molecule has 0 aromatic carbocycles. The molecule has 0 atom stereocenters. The fourth-order valence-corrected chi connectivity index (χ4v) is 2.52. The summed E-state index contributed by atoms with van der Waals surface area (Å²) in [6, 6.07) is 2.06. The van der Waals surface area contributed by atoms with E-state index in [0.717, 1.165) is 43.6 Å². The first-order chi connectivity index (χ1) is 9.63. The Morgan fingerprint density at radius 1 is 1.20 bits per heavy atom. The van der Waals surface area contributed by atoms with Crippen LogP contribution in [0.15, 0.2) is 6.07 Å². The molecule has 0 bridgehead atoms. The Morgan fingerprint density at radius 3 is 2.45 bits per heavy atom. The highest BCUT2D eigenvalue weighted by atomic mass is 15.3. The molecule has 2 heterocycles. The summed E-state index contributed by atoms with van der Waals surface area (Å²) in [6.07, 6.45) is 1.23. The molecule has 0 amide bonds. The summed E-state index contributed by atoms with van der Waals surface area (Å²) in [4.78, 5) is 14.2. The summed E-state index contributed by atoms with van der Waals surface area (Å²) in [5, 5.41) is 3.14. The summed E-state index contributed by atoms with van der Waals surface area (Å²) in [7, 11) is 1.91. The predicted molar refractivity (Wildman–Crippen MR) is 84.6 cm³/mol. The smallest absolute Gasteiger partial charge is 0.135 e. The van der Waals surface area contributed by atoms with Crippen LogP contribution in [0, 0.1) is 0 Å². The van der Waals surface area contributed by atoms with Crippen LogP contribution in [-0.4, -0.2) is 54.6 Å². The highest BCUT2D eigenvalue weighted by molar-refractivity contribution is 5.49. The molecule has 5 nitrogen and oxygen atoms in total. The highest BCUT2D eigenvalue weighted by Crippen LogP contribution is 2.21. The van der Waals surface area contributed by atoms with Crippen LogP contribution in [0.5, 0.6) is 0 Å². The van der Waals surface area contributed by atoms with Gasteiger partial charge in [-0.3, -0.25) is 4.90 Å². The molecule has 112 valence electrons. The molecule has 1 fully saturated rings. The molecule has 1 aliphatic rings. The van der Waals surface area contributed by atoms with E-state index < -0.39 is 0 Å². The third-order valence-corrected chi connectivity index (χ3v) is 3.74. The van der Waals surface area contributed by atoms with Gasteiger partial charge in [-0.25, -0.2) is 9.97 Å². The van der Waals surface area contributed by atoms with Crippen molar-refractivity contribution in [3.63, 3.8) is 0 Å². The lowest BCUT2D eigenvalue weighted by Crippen LogP contribution is -2.46. The highest BCUT2D eigenvalue weighted by Gasteiger charge is 2.19. The number of piperazine rings is 1. The third-order valence-electron chi connectivity index (χ3n) is 3.74. The maximum Gasteiger partial charge on any atom is 0.135 e. The Balaban J connectivity index is 2.10. The van der Waals surface area contributed by atoms with Crippen molar-refractivity contribution in [3.05, 3.63) is 11.9 Å². The van der Waals surface area contributed by atoms with Gasteiger partial charge in [0.05, 0.1) is 0 Å². The number of rotatable bonds is 5. The number of nitrogens with zero attached hydrogens (tertiary/aromatic N) is 4. The number of anilines is 2. The molecule has 0 saturated carbocycles. The van der Waals surface area contributed by atoms with E-state index in [1.807, 2.05) is 7.05 Å². The fraction of sp³-hybridized carbons (Fsp3) is 0.733. The lowest BCUT2D eigenvalue weighted by molar-refractivity contribution is 0.258. The number of aromatic nitrogens is 2. The topological polar surface area (TPSA) is 44.3 Å². The number of hydrogen-bond acceptors (Lipinski definition) is 5. The first-order valence-electron chi connectivity index (χ1n) is 7.68. The zero-order valence-corrected chi connectivity index (χ0v) is 13.2. The molecular weight excluding hydrogens is 250 g/mol. The molecule has 5 heteroatoms. The van der Waals surface area contributed by atoms with Gasteiger partial charge < -0.3 is 10.2 Å². The summed E-state index contributed by atoms with van der Waals surface area (Å²) in [6.45, 7) is 12.1. The minimum absolute atomic E-state index is 0.350. The molecule has 0 radical (unpaired) electrons. The van der Waals surface area contributed by atoms with Crippen LogP contribution >= 0.6 is 0 Å². The molecule has 1 saturated heterocycles. The van der Waals surface area contributed by atoms with Crippen molar-refractivity contribution in [1.82, 2.24) is 14.9 Å². The van der Waals surface area contributed by atoms with Crippen LogP contribution < -0.4 is 10.2 Å². The quantitative estimate of drug-likeness (QED) is 0.893. The van der Waals surface area contributed by atoms with Gasteiger partial charge in [0.15, 0.2) is 0 Å². The second-order valence-corrected chi connectivity index (χ2v) is 5.70. The van der Waals surface area contributed by atoms with Gasteiger partial charge in [-0.15, -0.1) is 0 Å². The van der Waals surface area contributed by atoms with Gasteiger partial charge in [0, 0.05) is 45.2 Å². The SMILES string of the molecule is CCCN1CCN(c2cc(NC)nc(C(C)C)n2)CC1.